The maximum absolute atomic E-state index is 5.36. The third kappa shape index (κ3) is 1.79. The van der Waals surface area contributed by atoms with E-state index in [-0.39, 0.29) is 0 Å². The molecule has 0 amide bonds. The summed E-state index contributed by atoms with van der Waals surface area (Å²) in [7, 11) is 2.02. The van der Waals surface area contributed by atoms with Crippen molar-refractivity contribution in [2.75, 3.05) is 0 Å². The standard InChI is InChI=1S/C13H16N4S/c1-7-11(10-6-14-8(2)17(10)3)15-12(9-4-5-9)16-13(7)18/h6,9H,4-5H2,1-3H3,(H,15,16,18). The summed E-state index contributed by atoms with van der Waals surface area (Å²) < 4.78 is 2.77. The third-order valence-electron chi connectivity index (χ3n) is 3.61. The van der Waals surface area contributed by atoms with Crippen LogP contribution in [-0.2, 0) is 7.05 Å². The molecule has 94 valence electrons. The highest BCUT2D eigenvalue weighted by Crippen LogP contribution is 2.39. The van der Waals surface area contributed by atoms with Crippen LogP contribution in [0.15, 0.2) is 6.20 Å². The van der Waals surface area contributed by atoms with E-state index in [1.165, 1.54) is 12.8 Å². The minimum Gasteiger partial charge on any atom is -0.341 e. The molecule has 1 aliphatic rings. The molecule has 4 nitrogen and oxygen atoms in total. The van der Waals surface area contributed by atoms with Crippen LogP contribution in [0.25, 0.3) is 11.4 Å². The fourth-order valence-electron chi connectivity index (χ4n) is 2.09. The number of hydrogen-bond donors (Lipinski definition) is 1. The molecule has 2 aromatic heterocycles. The van der Waals surface area contributed by atoms with Crippen molar-refractivity contribution in [1.29, 1.82) is 0 Å². The molecule has 1 fully saturated rings. The molecule has 0 saturated heterocycles. The van der Waals surface area contributed by atoms with E-state index >= 15 is 0 Å². The van der Waals surface area contributed by atoms with Crippen LogP contribution in [0.3, 0.4) is 0 Å². The summed E-state index contributed by atoms with van der Waals surface area (Å²) in [5.41, 5.74) is 3.15. The van der Waals surface area contributed by atoms with Gasteiger partial charge >= 0.3 is 0 Å². The molecule has 1 aliphatic carbocycles. The SMILES string of the molecule is Cc1c(-c2cnc(C)n2C)[nH]c(C2CC2)nc1=S. The van der Waals surface area contributed by atoms with Crippen molar-refractivity contribution in [3.05, 3.63) is 28.0 Å². The number of H-pyrrole nitrogens is 1. The van der Waals surface area contributed by atoms with Crippen molar-refractivity contribution in [3.8, 4) is 11.4 Å². The third-order valence-corrected chi connectivity index (χ3v) is 4.01. The highest BCUT2D eigenvalue weighted by atomic mass is 32.1. The molecule has 0 unspecified atom stereocenters. The van der Waals surface area contributed by atoms with Gasteiger partial charge in [-0.25, -0.2) is 9.97 Å². The molecule has 18 heavy (non-hydrogen) atoms. The number of nitrogens with one attached hydrogen (secondary N) is 1. The van der Waals surface area contributed by atoms with Gasteiger partial charge in [-0.05, 0) is 26.7 Å². The highest BCUT2D eigenvalue weighted by molar-refractivity contribution is 7.71. The Labute approximate surface area is 111 Å². The number of aromatic nitrogens is 4. The Morgan fingerprint density at radius 3 is 2.67 bits per heavy atom. The van der Waals surface area contributed by atoms with E-state index in [1.807, 2.05) is 27.1 Å². The topological polar surface area (TPSA) is 46.5 Å². The van der Waals surface area contributed by atoms with Gasteiger partial charge in [-0.1, -0.05) is 12.2 Å². The summed E-state index contributed by atoms with van der Waals surface area (Å²) in [6.45, 7) is 4.01. The van der Waals surface area contributed by atoms with E-state index in [2.05, 4.69) is 19.5 Å². The van der Waals surface area contributed by atoms with Crippen molar-refractivity contribution >= 4 is 12.2 Å². The Morgan fingerprint density at radius 2 is 2.11 bits per heavy atom. The fourth-order valence-corrected chi connectivity index (χ4v) is 2.29. The first-order chi connectivity index (χ1) is 8.58. The summed E-state index contributed by atoms with van der Waals surface area (Å²) in [4.78, 5) is 12.3. The number of aryl methyl sites for hydroxylation is 1. The average Bonchev–Trinajstić information content (AvgIpc) is 3.13. The number of rotatable bonds is 2. The van der Waals surface area contributed by atoms with Crippen LogP contribution in [0.1, 0.15) is 36.0 Å². The van der Waals surface area contributed by atoms with Crippen molar-refractivity contribution < 1.29 is 0 Å². The molecule has 2 aromatic rings. The number of aromatic amines is 1. The second-order valence-corrected chi connectivity index (χ2v) is 5.34. The first-order valence-corrected chi connectivity index (χ1v) is 6.58. The van der Waals surface area contributed by atoms with Crippen molar-refractivity contribution in [3.63, 3.8) is 0 Å². The lowest BCUT2D eigenvalue weighted by Gasteiger charge is -2.10. The Kier molecular flexibility index (Phi) is 2.59. The molecule has 0 radical (unpaired) electrons. The van der Waals surface area contributed by atoms with Crippen LogP contribution in [0.5, 0.6) is 0 Å². The predicted molar refractivity (Wildman–Crippen MR) is 73.1 cm³/mol. The van der Waals surface area contributed by atoms with Crippen LogP contribution < -0.4 is 0 Å². The molecule has 5 heteroatoms. The molecule has 1 N–H and O–H groups in total. The van der Waals surface area contributed by atoms with Crippen LogP contribution in [0.4, 0.5) is 0 Å². The van der Waals surface area contributed by atoms with E-state index in [9.17, 15) is 0 Å². The smallest absolute Gasteiger partial charge is 0.133 e. The molecule has 1 saturated carbocycles. The highest BCUT2D eigenvalue weighted by Gasteiger charge is 2.27. The van der Waals surface area contributed by atoms with Gasteiger partial charge in [-0.3, -0.25) is 0 Å². The molecular formula is C13H16N4S. The van der Waals surface area contributed by atoms with Crippen LogP contribution in [0.2, 0.25) is 0 Å². The van der Waals surface area contributed by atoms with Crippen molar-refractivity contribution in [2.45, 2.75) is 32.6 Å². The number of hydrogen-bond acceptors (Lipinski definition) is 3. The first kappa shape index (κ1) is 11.6. The van der Waals surface area contributed by atoms with Crippen LogP contribution >= 0.6 is 12.2 Å². The molecule has 0 spiro atoms. The monoisotopic (exact) mass is 260 g/mol. The maximum Gasteiger partial charge on any atom is 0.133 e. The lowest BCUT2D eigenvalue weighted by molar-refractivity contribution is 0.850. The minimum absolute atomic E-state index is 0.570. The normalized spacial score (nSPS) is 15.1. The molecule has 0 aromatic carbocycles. The Hall–Kier alpha value is -1.49. The van der Waals surface area contributed by atoms with E-state index in [0.717, 1.165) is 28.6 Å². The Morgan fingerprint density at radius 1 is 1.39 bits per heavy atom. The minimum atomic E-state index is 0.570. The van der Waals surface area contributed by atoms with E-state index in [0.29, 0.717) is 10.6 Å². The van der Waals surface area contributed by atoms with Gasteiger partial charge < -0.3 is 9.55 Å². The van der Waals surface area contributed by atoms with Gasteiger partial charge in [0, 0.05) is 18.5 Å². The fraction of sp³-hybridized carbons (Fsp3) is 0.462. The lowest BCUT2D eigenvalue weighted by atomic mass is 10.2. The predicted octanol–water partition coefficient (Wildman–Crippen LogP) is 3.03. The second-order valence-electron chi connectivity index (χ2n) is 4.95. The van der Waals surface area contributed by atoms with Gasteiger partial charge in [-0.2, -0.15) is 0 Å². The van der Waals surface area contributed by atoms with E-state index in [1.54, 1.807) is 0 Å². The number of imidazole rings is 1. The van der Waals surface area contributed by atoms with Gasteiger partial charge in [0.15, 0.2) is 0 Å². The van der Waals surface area contributed by atoms with E-state index < -0.39 is 0 Å². The van der Waals surface area contributed by atoms with Gasteiger partial charge in [-0.15, -0.1) is 0 Å². The zero-order valence-electron chi connectivity index (χ0n) is 10.8. The second kappa shape index (κ2) is 4.02. The average molecular weight is 260 g/mol. The van der Waals surface area contributed by atoms with Crippen LogP contribution in [-0.4, -0.2) is 19.5 Å². The molecule has 0 bridgehead atoms. The maximum atomic E-state index is 5.36. The largest absolute Gasteiger partial charge is 0.341 e. The van der Waals surface area contributed by atoms with Gasteiger partial charge in [0.25, 0.3) is 0 Å². The van der Waals surface area contributed by atoms with Crippen molar-refractivity contribution in [1.82, 2.24) is 19.5 Å². The number of nitrogens with zero attached hydrogens (tertiary/aromatic N) is 3. The molecule has 0 aliphatic heterocycles. The summed E-state index contributed by atoms with van der Waals surface area (Å²) >= 11 is 5.36. The lowest BCUT2D eigenvalue weighted by Crippen LogP contribution is -2.02. The van der Waals surface area contributed by atoms with Gasteiger partial charge in [0.1, 0.15) is 16.3 Å². The summed E-state index contributed by atoms with van der Waals surface area (Å²) in [6.07, 6.45) is 4.32. The first-order valence-electron chi connectivity index (χ1n) is 6.17. The summed E-state index contributed by atoms with van der Waals surface area (Å²) in [6, 6.07) is 0. The van der Waals surface area contributed by atoms with E-state index in [4.69, 9.17) is 12.2 Å². The van der Waals surface area contributed by atoms with Crippen LogP contribution in [0, 0.1) is 18.5 Å². The summed E-state index contributed by atoms with van der Waals surface area (Å²) in [5.74, 6) is 2.59. The molecule has 3 rings (SSSR count). The molecular weight excluding hydrogens is 244 g/mol. The Bertz CT molecular complexity index is 664. The molecule has 0 atom stereocenters. The molecule has 2 heterocycles. The van der Waals surface area contributed by atoms with Crippen molar-refractivity contribution in [2.24, 2.45) is 7.05 Å². The quantitative estimate of drug-likeness (QED) is 0.844. The van der Waals surface area contributed by atoms with Gasteiger partial charge in [0.2, 0.25) is 0 Å². The Balaban J connectivity index is 2.21. The zero-order chi connectivity index (χ0) is 12.9. The zero-order valence-corrected chi connectivity index (χ0v) is 11.6. The van der Waals surface area contributed by atoms with Gasteiger partial charge in [0.05, 0.1) is 17.6 Å². The summed E-state index contributed by atoms with van der Waals surface area (Å²) in [5, 5.41) is 0.